The summed E-state index contributed by atoms with van der Waals surface area (Å²) in [7, 11) is 0. The normalized spacial score (nSPS) is 17.2. The zero-order valence-electron chi connectivity index (χ0n) is 14.1. The first kappa shape index (κ1) is 16.4. The molecule has 0 unspecified atom stereocenters. The summed E-state index contributed by atoms with van der Waals surface area (Å²) in [4.78, 5) is 40.9. The van der Waals surface area contributed by atoms with E-state index in [9.17, 15) is 14.4 Å². The molecule has 1 aliphatic rings. The molecule has 128 valence electrons. The van der Waals surface area contributed by atoms with Crippen LogP contribution in [0.4, 0.5) is 0 Å². The van der Waals surface area contributed by atoms with Crippen molar-refractivity contribution in [2.75, 3.05) is 19.8 Å². The average molecular weight is 331 g/mol. The lowest BCUT2D eigenvalue weighted by atomic mass is 10.0. The fraction of sp³-hybridized carbons (Fsp3) is 0.471. The number of fused-ring (bicyclic) bond motifs is 1. The number of H-pyrrole nitrogens is 1. The molecular formula is C17H21N3O4. The third-order valence-electron chi connectivity index (χ3n) is 4.43. The summed E-state index contributed by atoms with van der Waals surface area (Å²) in [5, 5.41) is 0. The predicted octanol–water partition coefficient (Wildman–Crippen LogP) is 0.961. The smallest absolute Gasteiger partial charge is 0.316 e. The highest BCUT2D eigenvalue weighted by molar-refractivity contribution is 5.97. The van der Waals surface area contributed by atoms with Crippen molar-refractivity contribution in [3.63, 3.8) is 0 Å². The molecular weight excluding hydrogens is 310 g/mol. The third-order valence-corrected chi connectivity index (χ3v) is 4.43. The van der Waals surface area contributed by atoms with Crippen LogP contribution in [0, 0.1) is 0 Å². The number of aromatic nitrogens is 2. The maximum atomic E-state index is 12.9. The fourth-order valence-electron chi connectivity index (χ4n) is 3.12. The van der Waals surface area contributed by atoms with Gasteiger partial charge < -0.3 is 19.2 Å². The number of carbonyl (C=O) groups is 1. The Labute approximate surface area is 138 Å². The highest BCUT2D eigenvalue weighted by atomic mass is 16.5. The monoisotopic (exact) mass is 331 g/mol. The van der Waals surface area contributed by atoms with E-state index in [0.717, 1.165) is 0 Å². The van der Waals surface area contributed by atoms with Crippen LogP contribution in [-0.4, -0.2) is 45.7 Å². The lowest BCUT2D eigenvalue weighted by Crippen LogP contribution is -2.55. The number of hydrogen-bond donors (Lipinski definition) is 1. The third kappa shape index (κ3) is 2.65. The predicted molar refractivity (Wildman–Crippen MR) is 90.4 cm³/mol. The Bertz CT molecular complexity index is 910. The summed E-state index contributed by atoms with van der Waals surface area (Å²) in [6.45, 7) is 7.63. The van der Waals surface area contributed by atoms with Gasteiger partial charge in [-0.3, -0.25) is 14.4 Å². The van der Waals surface area contributed by atoms with Crippen molar-refractivity contribution in [1.82, 2.24) is 14.5 Å². The number of amides is 1. The molecule has 0 bridgehead atoms. The second-order valence-corrected chi connectivity index (χ2v) is 6.56. The minimum atomic E-state index is -0.680. The van der Waals surface area contributed by atoms with Crippen LogP contribution in [0.25, 0.3) is 11.0 Å². The molecule has 2 aromatic rings. The van der Waals surface area contributed by atoms with E-state index in [1.54, 1.807) is 30.0 Å². The Balaban J connectivity index is 2.08. The van der Waals surface area contributed by atoms with Crippen molar-refractivity contribution >= 4 is 16.9 Å². The molecule has 1 N–H and O–H groups in total. The Morgan fingerprint density at radius 2 is 2.08 bits per heavy atom. The molecule has 0 radical (unpaired) electrons. The second-order valence-electron chi connectivity index (χ2n) is 6.56. The van der Waals surface area contributed by atoms with Gasteiger partial charge in [0.25, 0.3) is 5.91 Å². The summed E-state index contributed by atoms with van der Waals surface area (Å²) in [5.74, 6) is -0.111. The molecule has 1 fully saturated rings. The summed E-state index contributed by atoms with van der Waals surface area (Å²) >= 11 is 0. The number of nitrogens with zero attached hydrogens (tertiary/aromatic N) is 2. The molecule has 0 aliphatic carbocycles. The van der Waals surface area contributed by atoms with E-state index < -0.39 is 11.1 Å². The molecule has 7 heteroatoms. The van der Waals surface area contributed by atoms with Gasteiger partial charge in [0, 0.05) is 18.7 Å². The van der Waals surface area contributed by atoms with Gasteiger partial charge in [-0.25, -0.2) is 0 Å². The van der Waals surface area contributed by atoms with Crippen molar-refractivity contribution in [2.45, 2.75) is 32.9 Å². The van der Waals surface area contributed by atoms with E-state index in [2.05, 4.69) is 4.98 Å². The van der Waals surface area contributed by atoms with E-state index >= 15 is 0 Å². The molecule has 7 nitrogen and oxygen atoms in total. The molecule has 1 aromatic heterocycles. The number of aryl methyl sites for hydroxylation is 1. The van der Waals surface area contributed by atoms with Gasteiger partial charge in [0.1, 0.15) is 0 Å². The molecule has 0 spiro atoms. The SMILES string of the molecule is CCn1c(=O)c(=O)[nH]c2cc(C(=O)N3CCOCC3(C)C)ccc21. The first-order chi connectivity index (χ1) is 11.3. The van der Waals surface area contributed by atoms with Crippen molar-refractivity contribution in [3.8, 4) is 0 Å². The molecule has 2 heterocycles. The van der Waals surface area contributed by atoms with Crippen molar-refractivity contribution in [1.29, 1.82) is 0 Å². The van der Waals surface area contributed by atoms with Gasteiger partial charge in [-0.1, -0.05) is 0 Å². The van der Waals surface area contributed by atoms with Crippen LogP contribution in [0.3, 0.4) is 0 Å². The molecule has 1 aromatic carbocycles. The van der Waals surface area contributed by atoms with Gasteiger partial charge in [-0.2, -0.15) is 0 Å². The van der Waals surface area contributed by atoms with Gasteiger partial charge in [0.15, 0.2) is 0 Å². The van der Waals surface area contributed by atoms with E-state index in [4.69, 9.17) is 4.74 Å². The van der Waals surface area contributed by atoms with Crippen LogP contribution in [0.5, 0.6) is 0 Å². The molecule has 0 atom stereocenters. The topological polar surface area (TPSA) is 84.4 Å². The highest BCUT2D eigenvalue weighted by Gasteiger charge is 2.34. The van der Waals surface area contributed by atoms with Crippen molar-refractivity contribution in [3.05, 3.63) is 44.5 Å². The zero-order chi connectivity index (χ0) is 17.5. The lowest BCUT2D eigenvalue weighted by molar-refractivity contribution is -0.0370. The standard InChI is InChI=1S/C17H21N3O4/c1-4-19-13-6-5-11(9-12(13)18-14(21)16(19)23)15(22)20-7-8-24-10-17(20,2)3/h5-6,9H,4,7-8,10H2,1-3H3,(H,18,21). The van der Waals surface area contributed by atoms with Gasteiger partial charge in [0.05, 0.1) is 29.8 Å². The van der Waals surface area contributed by atoms with Gasteiger partial charge >= 0.3 is 11.1 Å². The number of carbonyl (C=O) groups excluding carboxylic acids is 1. The van der Waals surface area contributed by atoms with Crippen LogP contribution in [0.2, 0.25) is 0 Å². The maximum absolute atomic E-state index is 12.9. The summed E-state index contributed by atoms with van der Waals surface area (Å²) in [5.41, 5.74) is -0.0772. The largest absolute Gasteiger partial charge is 0.377 e. The van der Waals surface area contributed by atoms with E-state index in [0.29, 0.717) is 42.9 Å². The van der Waals surface area contributed by atoms with Crippen LogP contribution in [-0.2, 0) is 11.3 Å². The van der Waals surface area contributed by atoms with E-state index in [1.165, 1.54) is 4.57 Å². The summed E-state index contributed by atoms with van der Waals surface area (Å²) in [6.07, 6.45) is 0. The Morgan fingerprint density at radius 3 is 2.75 bits per heavy atom. The Morgan fingerprint density at radius 1 is 1.33 bits per heavy atom. The summed E-state index contributed by atoms with van der Waals surface area (Å²) in [6, 6.07) is 5.03. The molecule has 24 heavy (non-hydrogen) atoms. The maximum Gasteiger partial charge on any atom is 0.316 e. The van der Waals surface area contributed by atoms with Crippen LogP contribution in [0.1, 0.15) is 31.1 Å². The number of nitrogens with one attached hydrogen (secondary N) is 1. The van der Waals surface area contributed by atoms with Gasteiger partial charge in [-0.15, -0.1) is 0 Å². The number of hydrogen-bond acceptors (Lipinski definition) is 4. The molecule has 1 aliphatic heterocycles. The number of rotatable bonds is 2. The first-order valence-corrected chi connectivity index (χ1v) is 8.02. The molecule has 0 saturated carbocycles. The Kier molecular flexibility index (Phi) is 4.04. The first-order valence-electron chi connectivity index (χ1n) is 8.02. The molecule has 3 rings (SSSR count). The second kappa shape index (κ2) is 5.90. The zero-order valence-corrected chi connectivity index (χ0v) is 14.1. The van der Waals surface area contributed by atoms with Gasteiger partial charge in [-0.05, 0) is 39.0 Å². The molecule has 1 amide bonds. The van der Waals surface area contributed by atoms with E-state index in [-0.39, 0.29) is 11.4 Å². The lowest BCUT2D eigenvalue weighted by Gasteiger charge is -2.42. The minimum Gasteiger partial charge on any atom is -0.377 e. The number of morpholine rings is 1. The highest BCUT2D eigenvalue weighted by Crippen LogP contribution is 2.22. The fourth-order valence-corrected chi connectivity index (χ4v) is 3.12. The Hall–Kier alpha value is -2.41. The van der Waals surface area contributed by atoms with Crippen molar-refractivity contribution in [2.24, 2.45) is 0 Å². The van der Waals surface area contributed by atoms with Crippen LogP contribution < -0.4 is 11.1 Å². The average Bonchev–Trinajstić information content (AvgIpc) is 2.54. The van der Waals surface area contributed by atoms with Crippen LogP contribution >= 0.6 is 0 Å². The molecule has 1 saturated heterocycles. The number of benzene rings is 1. The van der Waals surface area contributed by atoms with E-state index in [1.807, 2.05) is 13.8 Å². The van der Waals surface area contributed by atoms with Gasteiger partial charge in [0.2, 0.25) is 0 Å². The number of aromatic amines is 1. The van der Waals surface area contributed by atoms with Crippen molar-refractivity contribution < 1.29 is 9.53 Å². The number of ether oxygens (including phenoxy) is 1. The minimum absolute atomic E-state index is 0.111. The quantitative estimate of drug-likeness (QED) is 0.831. The summed E-state index contributed by atoms with van der Waals surface area (Å²) < 4.78 is 6.85. The van der Waals surface area contributed by atoms with Crippen LogP contribution in [0.15, 0.2) is 27.8 Å².